The molecule has 0 unspecified atom stereocenters. The van der Waals surface area contributed by atoms with Gasteiger partial charge in [-0.1, -0.05) is 5.92 Å². The van der Waals surface area contributed by atoms with Crippen molar-refractivity contribution in [1.29, 1.82) is 0 Å². The van der Waals surface area contributed by atoms with Crippen LogP contribution in [0, 0.1) is 11.8 Å². The van der Waals surface area contributed by atoms with Crippen molar-refractivity contribution in [2.45, 2.75) is 25.8 Å². The number of nitrogens with zero attached hydrogens (tertiary/aromatic N) is 2. The molecule has 1 atom stereocenters. The van der Waals surface area contributed by atoms with E-state index in [1.165, 1.54) is 0 Å². The second-order valence-corrected chi connectivity index (χ2v) is 5.14. The first-order valence-electron chi connectivity index (χ1n) is 5.46. The summed E-state index contributed by atoms with van der Waals surface area (Å²) in [6.07, 6.45) is 2.12. The fourth-order valence-corrected chi connectivity index (χ4v) is 1.69. The molecule has 0 aromatic carbocycles. The molecule has 0 saturated carbocycles. The first-order valence-corrected chi connectivity index (χ1v) is 5.46. The van der Waals surface area contributed by atoms with Crippen molar-refractivity contribution in [2.75, 3.05) is 34.2 Å². The van der Waals surface area contributed by atoms with Gasteiger partial charge in [0.1, 0.15) is 6.54 Å². The number of carbonyl (C=O) groups is 1. The predicted octanol–water partition coefficient (Wildman–Crippen LogP) is 0.707. The molecule has 0 spiro atoms. The molecule has 84 valence electrons. The quantitative estimate of drug-likeness (QED) is 0.460. The van der Waals surface area contributed by atoms with Gasteiger partial charge in [0.2, 0.25) is 5.91 Å². The zero-order chi connectivity index (χ0) is 11.5. The van der Waals surface area contributed by atoms with Crippen LogP contribution in [-0.4, -0.2) is 55.6 Å². The van der Waals surface area contributed by atoms with Gasteiger partial charge < -0.3 is 9.38 Å². The number of quaternary nitrogens is 1. The van der Waals surface area contributed by atoms with Gasteiger partial charge in [0.15, 0.2) is 0 Å². The summed E-state index contributed by atoms with van der Waals surface area (Å²) in [5, 5.41) is 0. The van der Waals surface area contributed by atoms with Gasteiger partial charge in [0.05, 0.1) is 27.2 Å². The summed E-state index contributed by atoms with van der Waals surface area (Å²) in [5.74, 6) is 6.54. The van der Waals surface area contributed by atoms with E-state index in [2.05, 4.69) is 33.0 Å². The molecule has 1 saturated heterocycles. The predicted molar refractivity (Wildman–Crippen MR) is 61.1 cm³/mol. The topological polar surface area (TPSA) is 20.3 Å². The number of carbonyl (C=O) groups excluding carboxylic acids is 1. The molecule has 3 heteroatoms. The second kappa shape index (κ2) is 4.67. The van der Waals surface area contributed by atoms with Crippen LogP contribution in [0.4, 0.5) is 0 Å². The van der Waals surface area contributed by atoms with Crippen molar-refractivity contribution in [2.24, 2.45) is 0 Å². The Morgan fingerprint density at radius 3 is 2.67 bits per heavy atom. The molecule has 15 heavy (non-hydrogen) atoms. The van der Waals surface area contributed by atoms with Gasteiger partial charge in [-0.15, -0.1) is 0 Å². The Morgan fingerprint density at radius 1 is 1.47 bits per heavy atom. The van der Waals surface area contributed by atoms with Gasteiger partial charge in [-0.05, 0) is 18.8 Å². The van der Waals surface area contributed by atoms with E-state index in [-0.39, 0.29) is 11.9 Å². The number of rotatable bonds is 1. The highest BCUT2D eigenvalue weighted by Gasteiger charge is 2.24. The third-order valence-corrected chi connectivity index (χ3v) is 2.48. The largest absolute Gasteiger partial charge is 0.329 e. The SMILES string of the molecule is CC(=O)N1CCC[C@H]1C#CC[N+](C)(C)C. The van der Waals surface area contributed by atoms with E-state index < -0.39 is 0 Å². The molecule has 0 bridgehead atoms. The van der Waals surface area contributed by atoms with Crippen LogP contribution in [0.15, 0.2) is 0 Å². The van der Waals surface area contributed by atoms with Crippen LogP contribution < -0.4 is 0 Å². The van der Waals surface area contributed by atoms with Gasteiger partial charge in [-0.25, -0.2) is 0 Å². The number of likely N-dealkylation sites (tertiary alicyclic amines) is 1. The van der Waals surface area contributed by atoms with Gasteiger partial charge >= 0.3 is 0 Å². The average Bonchev–Trinajstić information content (AvgIpc) is 2.49. The minimum atomic E-state index is 0.150. The Balaban J connectivity index is 2.54. The summed E-state index contributed by atoms with van der Waals surface area (Å²) in [7, 11) is 6.35. The molecule has 3 nitrogen and oxygen atoms in total. The smallest absolute Gasteiger partial charge is 0.220 e. The van der Waals surface area contributed by atoms with Gasteiger partial charge in [-0.3, -0.25) is 4.79 Å². The lowest BCUT2D eigenvalue weighted by molar-refractivity contribution is -0.862. The molecule has 0 aromatic rings. The monoisotopic (exact) mass is 209 g/mol. The van der Waals surface area contributed by atoms with Crippen molar-refractivity contribution in [1.82, 2.24) is 4.90 Å². The molecule has 1 amide bonds. The molecule has 1 fully saturated rings. The lowest BCUT2D eigenvalue weighted by Gasteiger charge is -2.21. The third-order valence-electron chi connectivity index (χ3n) is 2.48. The molecule has 1 aliphatic heterocycles. The number of amides is 1. The number of hydrogen-bond donors (Lipinski definition) is 0. The van der Waals surface area contributed by atoms with E-state index >= 15 is 0 Å². The van der Waals surface area contributed by atoms with Gasteiger partial charge in [0, 0.05) is 13.5 Å². The van der Waals surface area contributed by atoms with E-state index in [4.69, 9.17) is 0 Å². The van der Waals surface area contributed by atoms with Crippen molar-refractivity contribution < 1.29 is 9.28 Å². The summed E-state index contributed by atoms with van der Waals surface area (Å²) >= 11 is 0. The lowest BCUT2D eigenvalue weighted by Crippen LogP contribution is -2.35. The van der Waals surface area contributed by atoms with Crippen molar-refractivity contribution in [3.8, 4) is 11.8 Å². The molecule has 0 aliphatic carbocycles. The van der Waals surface area contributed by atoms with Crippen LogP contribution >= 0.6 is 0 Å². The summed E-state index contributed by atoms with van der Waals surface area (Å²) in [5.41, 5.74) is 0. The minimum absolute atomic E-state index is 0.150. The van der Waals surface area contributed by atoms with Crippen molar-refractivity contribution in [3.05, 3.63) is 0 Å². The van der Waals surface area contributed by atoms with Crippen LogP contribution in [0.25, 0.3) is 0 Å². The standard InChI is InChI=1S/C12H21N2O/c1-11(15)13-9-5-7-12(13)8-6-10-14(2,3)4/h12H,5,7,9-10H2,1-4H3/q+1/t12-/m0/s1. The summed E-state index contributed by atoms with van der Waals surface area (Å²) in [6.45, 7) is 3.33. The normalized spacial score (nSPS) is 21.1. The maximum Gasteiger partial charge on any atom is 0.220 e. The van der Waals surface area contributed by atoms with E-state index in [1.54, 1.807) is 6.92 Å². The van der Waals surface area contributed by atoms with Crippen molar-refractivity contribution >= 4 is 5.91 Å². The Hall–Kier alpha value is -1.01. The Labute approximate surface area is 92.6 Å². The molecule has 0 radical (unpaired) electrons. The zero-order valence-corrected chi connectivity index (χ0v) is 10.2. The summed E-state index contributed by atoms with van der Waals surface area (Å²) in [4.78, 5) is 13.1. The second-order valence-electron chi connectivity index (χ2n) is 5.14. The molecule has 1 aliphatic rings. The van der Waals surface area contributed by atoms with E-state index in [9.17, 15) is 4.79 Å². The molecular formula is C12H21N2O+. The van der Waals surface area contributed by atoms with E-state index in [0.29, 0.717) is 0 Å². The lowest BCUT2D eigenvalue weighted by atomic mass is 10.2. The Morgan fingerprint density at radius 2 is 2.13 bits per heavy atom. The molecule has 1 rings (SSSR count). The Kier molecular flexibility index (Phi) is 3.76. The first kappa shape index (κ1) is 12.1. The maximum atomic E-state index is 11.3. The highest BCUT2D eigenvalue weighted by molar-refractivity contribution is 5.74. The minimum Gasteiger partial charge on any atom is -0.329 e. The zero-order valence-electron chi connectivity index (χ0n) is 10.2. The first-order chi connectivity index (χ1) is 6.90. The van der Waals surface area contributed by atoms with Crippen LogP contribution in [0.1, 0.15) is 19.8 Å². The van der Waals surface area contributed by atoms with Gasteiger partial charge in [-0.2, -0.15) is 0 Å². The Bertz CT molecular complexity index is 293. The summed E-state index contributed by atoms with van der Waals surface area (Å²) in [6, 6.07) is 0.161. The van der Waals surface area contributed by atoms with Crippen molar-refractivity contribution in [3.63, 3.8) is 0 Å². The van der Waals surface area contributed by atoms with E-state index in [1.807, 2.05) is 4.90 Å². The fourth-order valence-electron chi connectivity index (χ4n) is 1.69. The van der Waals surface area contributed by atoms with E-state index in [0.717, 1.165) is 30.4 Å². The summed E-state index contributed by atoms with van der Waals surface area (Å²) < 4.78 is 0.847. The molecule has 0 aromatic heterocycles. The highest BCUT2D eigenvalue weighted by Crippen LogP contribution is 2.16. The molecule has 0 N–H and O–H groups in total. The van der Waals surface area contributed by atoms with Gasteiger partial charge in [0.25, 0.3) is 0 Å². The van der Waals surface area contributed by atoms with Crippen LogP contribution in [-0.2, 0) is 4.79 Å². The third kappa shape index (κ3) is 3.93. The fraction of sp³-hybridized carbons (Fsp3) is 0.750. The average molecular weight is 209 g/mol. The maximum absolute atomic E-state index is 11.3. The molecular weight excluding hydrogens is 188 g/mol. The van der Waals surface area contributed by atoms with Crippen LogP contribution in [0.5, 0.6) is 0 Å². The highest BCUT2D eigenvalue weighted by atomic mass is 16.2. The number of hydrogen-bond acceptors (Lipinski definition) is 1. The van der Waals surface area contributed by atoms with Crippen LogP contribution in [0.2, 0.25) is 0 Å². The molecule has 1 heterocycles. The van der Waals surface area contributed by atoms with Crippen LogP contribution in [0.3, 0.4) is 0 Å².